The molecule has 1 rings (SSSR count). The van der Waals surface area contributed by atoms with Crippen LogP contribution in [0.25, 0.3) is 0 Å². The van der Waals surface area contributed by atoms with E-state index in [0.717, 1.165) is 0 Å². The van der Waals surface area contributed by atoms with E-state index in [1.807, 2.05) is 0 Å². The molecule has 0 atom stereocenters. The molecule has 0 aliphatic heterocycles. The number of rotatable bonds is 3. The maximum absolute atomic E-state index is 10.8. The average molecular weight is 226 g/mol. The van der Waals surface area contributed by atoms with Crippen molar-refractivity contribution in [3.05, 3.63) is 28.8 Å². The van der Waals surface area contributed by atoms with E-state index >= 15 is 0 Å². The third-order valence-electron chi connectivity index (χ3n) is 1.93. The first-order valence-electron chi connectivity index (χ1n) is 4.05. The van der Waals surface area contributed by atoms with Crippen molar-refractivity contribution in [1.29, 1.82) is 5.26 Å². The van der Waals surface area contributed by atoms with Crippen LogP contribution in [-0.2, 0) is 5.88 Å². The lowest BCUT2D eigenvalue weighted by atomic mass is 10.0. The van der Waals surface area contributed by atoms with E-state index in [2.05, 4.69) is 0 Å². The van der Waals surface area contributed by atoms with Crippen molar-refractivity contribution in [1.82, 2.24) is 0 Å². The molecule has 0 saturated carbocycles. The van der Waals surface area contributed by atoms with E-state index in [0.29, 0.717) is 5.56 Å². The van der Waals surface area contributed by atoms with Gasteiger partial charge < -0.3 is 9.84 Å². The van der Waals surface area contributed by atoms with Gasteiger partial charge in [0.1, 0.15) is 17.4 Å². The summed E-state index contributed by atoms with van der Waals surface area (Å²) in [5.74, 6) is -0.768. The zero-order chi connectivity index (χ0) is 11.4. The van der Waals surface area contributed by atoms with Gasteiger partial charge >= 0.3 is 5.97 Å². The van der Waals surface area contributed by atoms with E-state index in [1.54, 1.807) is 6.07 Å². The predicted octanol–water partition coefficient (Wildman–Crippen LogP) is 2.00. The molecule has 0 bridgehead atoms. The molecule has 78 valence electrons. The van der Waals surface area contributed by atoms with Crippen LogP contribution in [0.15, 0.2) is 12.1 Å². The van der Waals surface area contributed by atoms with Crippen molar-refractivity contribution in [3.63, 3.8) is 0 Å². The van der Waals surface area contributed by atoms with E-state index in [9.17, 15) is 4.79 Å². The Kier molecular flexibility index (Phi) is 3.53. The second kappa shape index (κ2) is 4.67. The Hall–Kier alpha value is -1.73. The van der Waals surface area contributed by atoms with Crippen LogP contribution in [0.3, 0.4) is 0 Å². The van der Waals surface area contributed by atoms with Gasteiger partial charge in [-0.05, 0) is 6.07 Å². The van der Waals surface area contributed by atoms with Gasteiger partial charge in [0.2, 0.25) is 0 Å². The third kappa shape index (κ3) is 2.03. The Balaban J connectivity index is 3.50. The summed E-state index contributed by atoms with van der Waals surface area (Å²) in [5.41, 5.74) is 0.520. The van der Waals surface area contributed by atoms with Crippen LogP contribution in [0.5, 0.6) is 5.75 Å². The summed E-state index contributed by atoms with van der Waals surface area (Å²) < 4.78 is 4.98. The van der Waals surface area contributed by atoms with Gasteiger partial charge in [-0.15, -0.1) is 11.6 Å². The molecule has 15 heavy (non-hydrogen) atoms. The smallest absolute Gasteiger partial charge is 0.337 e. The minimum Gasteiger partial charge on any atom is -0.495 e. The van der Waals surface area contributed by atoms with Gasteiger partial charge in [-0.1, -0.05) is 6.07 Å². The minimum atomic E-state index is -1.16. The molecule has 1 aromatic carbocycles. The lowest BCUT2D eigenvalue weighted by Gasteiger charge is -2.09. The molecule has 0 aliphatic carbocycles. The summed E-state index contributed by atoms with van der Waals surface area (Å²) in [7, 11) is 1.37. The molecule has 0 spiro atoms. The number of halogens is 1. The quantitative estimate of drug-likeness (QED) is 0.799. The topological polar surface area (TPSA) is 70.3 Å². The number of carbonyl (C=O) groups is 1. The first-order chi connectivity index (χ1) is 7.15. The van der Waals surface area contributed by atoms with Crippen LogP contribution in [-0.4, -0.2) is 18.2 Å². The van der Waals surface area contributed by atoms with Gasteiger partial charge in [-0.3, -0.25) is 0 Å². The summed E-state index contributed by atoms with van der Waals surface area (Å²) >= 11 is 5.63. The molecule has 0 fully saturated rings. The number of nitrogens with zero attached hydrogens (tertiary/aromatic N) is 1. The second-order valence-corrected chi connectivity index (χ2v) is 3.00. The fourth-order valence-corrected chi connectivity index (χ4v) is 1.46. The monoisotopic (exact) mass is 225 g/mol. The van der Waals surface area contributed by atoms with Crippen molar-refractivity contribution in [3.8, 4) is 11.8 Å². The van der Waals surface area contributed by atoms with Crippen LogP contribution in [0.2, 0.25) is 0 Å². The van der Waals surface area contributed by atoms with Gasteiger partial charge in [0.15, 0.2) is 0 Å². The first kappa shape index (κ1) is 11.3. The third-order valence-corrected chi connectivity index (χ3v) is 2.22. The van der Waals surface area contributed by atoms with Crippen LogP contribution in [0, 0.1) is 11.3 Å². The average Bonchev–Trinajstić information content (AvgIpc) is 2.26. The summed E-state index contributed by atoms with van der Waals surface area (Å²) in [4.78, 5) is 10.8. The molecule has 1 aromatic rings. The van der Waals surface area contributed by atoms with Crippen molar-refractivity contribution in [2.45, 2.75) is 5.88 Å². The number of hydrogen-bond acceptors (Lipinski definition) is 3. The molecule has 0 heterocycles. The molecule has 0 aliphatic rings. The molecule has 0 aromatic heterocycles. The Labute approximate surface area is 91.7 Å². The van der Waals surface area contributed by atoms with E-state index in [1.165, 1.54) is 19.2 Å². The Bertz CT molecular complexity index is 437. The number of nitriles is 1. The van der Waals surface area contributed by atoms with Crippen LogP contribution in [0.1, 0.15) is 21.5 Å². The maximum Gasteiger partial charge on any atom is 0.337 e. The maximum atomic E-state index is 10.8. The summed E-state index contributed by atoms with van der Waals surface area (Å²) in [6.45, 7) is 0. The van der Waals surface area contributed by atoms with Crippen molar-refractivity contribution < 1.29 is 14.6 Å². The Morgan fingerprint density at radius 2 is 2.33 bits per heavy atom. The number of aromatic carboxylic acids is 1. The largest absolute Gasteiger partial charge is 0.495 e. The van der Waals surface area contributed by atoms with Crippen LogP contribution in [0.4, 0.5) is 0 Å². The summed E-state index contributed by atoms with van der Waals surface area (Å²) in [6, 6.07) is 4.69. The zero-order valence-corrected chi connectivity index (χ0v) is 8.71. The summed E-state index contributed by atoms with van der Waals surface area (Å²) in [5, 5.41) is 17.7. The number of carboxylic acid groups (broad SMARTS) is 1. The Morgan fingerprint density at radius 1 is 1.67 bits per heavy atom. The normalized spacial score (nSPS) is 9.40. The molecule has 0 amide bonds. The van der Waals surface area contributed by atoms with Crippen LogP contribution >= 0.6 is 11.6 Å². The molecule has 5 heteroatoms. The van der Waals surface area contributed by atoms with Gasteiger partial charge in [0.25, 0.3) is 0 Å². The molecular formula is C10H8ClNO3. The second-order valence-electron chi connectivity index (χ2n) is 2.73. The highest BCUT2D eigenvalue weighted by Crippen LogP contribution is 2.27. The highest BCUT2D eigenvalue weighted by atomic mass is 35.5. The standard InChI is InChI=1S/C10H8ClNO3/c1-15-9-6(4-11)2-3-7(10(13)14)8(9)5-12/h2-3H,4H2,1H3,(H,13,14). The fourth-order valence-electron chi connectivity index (χ4n) is 1.25. The first-order valence-corrected chi connectivity index (χ1v) is 4.58. The number of alkyl halides is 1. The predicted molar refractivity (Wildman–Crippen MR) is 54.2 cm³/mol. The molecule has 1 N–H and O–H groups in total. The van der Waals surface area contributed by atoms with Gasteiger partial charge in [0.05, 0.1) is 18.6 Å². The van der Waals surface area contributed by atoms with E-state index in [-0.39, 0.29) is 22.8 Å². The highest BCUT2D eigenvalue weighted by molar-refractivity contribution is 6.17. The molecule has 0 unspecified atom stereocenters. The van der Waals surface area contributed by atoms with Gasteiger partial charge in [0, 0.05) is 5.56 Å². The van der Waals surface area contributed by atoms with Crippen molar-refractivity contribution in [2.75, 3.05) is 7.11 Å². The van der Waals surface area contributed by atoms with Gasteiger partial charge in [-0.25, -0.2) is 4.79 Å². The van der Waals surface area contributed by atoms with Crippen LogP contribution < -0.4 is 4.74 Å². The summed E-state index contributed by atoms with van der Waals surface area (Å²) in [6.07, 6.45) is 0. The van der Waals surface area contributed by atoms with E-state index < -0.39 is 5.97 Å². The Morgan fingerprint density at radius 3 is 2.73 bits per heavy atom. The lowest BCUT2D eigenvalue weighted by molar-refractivity contribution is 0.0696. The number of methoxy groups -OCH3 is 1. The zero-order valence-electron chi connectivity index (χ0n) is 7.95. The number of benzene rings is 1. The highest BCUT2D eigenvalue weighted by Gasteiger charge is 2.17. The van der Waals surface area contributed by atoms with Gasteiger partial charge in [-0.2, -0.15) is 5.26 Å². The van der Waals surface area contributed by atoms with E-state index in [4.69, 9.17) is 26.7 Å². The SMILES string of the molecule is COc1c(CCl)ccc(C(=O)O)c1C#N. The molecule has 4 nitrogen and oxygen atoms in total. The number of ether oxygens (including phenoxy) is 1. The fraction of sp³-hybridized carbons (Fsp3) is 0.200. The lowest BCUT2D eigenvalue weighted by Crippen LogP contribution is -2.04. The molecule has 0 saturated heterocycles. The molecular weight excluding hydrogens is 218 g/mol. The number of carboxylic acids is 1. The van der Waals surface area contributed by atoms with Crippen molar-refractivity contribution in [2.24, 2.45) is 0 Å². The number of hydrogen-bond donors (Lipinski definition) is 1. The molecule has 0 radical (unpaired) electrons. The minimum absolute atomic E-state index is 0.00292. The van der Waals surface area contributed by atoms with Crippen molar-refractivity contribution >= 4 is 17.6 Å².